The Balaban J connectivity index is 1.84. The lowest BCUT2D eigenvalue weighted by atomic mass is 10.1. The second kappa shape index (κ2) is 6.07. The lowest BCUT2D eigenvalue weighted by Gasteiger charge is -2.07. The summed E-state index contributed by atoms with van der Waals surface area (Å²) in [6.07, 6.45) is 0. The smallest absolute Gasteiger partial charge is 0.302 e. The van der Waals surface area contributed by atoms with Crippen LogP contribution in [0, 0.1) is 0 Å². The molecule has 0 saturated carbocycles. The molecule has 0 atom stereocenters. The number of hydrogen-bond acceptors (Lipinski definition) is 7. The lowest BCUT2D eigenvalue weighted by molar-refractivity contribution is -0.141. The van der Waals surface area contributed by atoms with Gasteiger partial charge in [-0.25, -0.2) is 4.68 Å². The highest BCUT2D eigenvalue weighted by molar-refractivity contribution is 5.80. The number of rotatable bonds is 5. The Bertz CT molecular complexity index is 741. The van der Waals surface area contributed by atoms with Gasteiger partial charge in [0.05, 0.1) is 5.56 Å². The summed E-state index contributed by atoms with van der Waals surface area (Å²) in [6, 6.07) is 5.50. The van der Waals surface area contributed by atoms with Crippen molar-refractivity contribution in [3.8, 4) is 28.5 Å². The van der Waals surface area contributed by atoms with Crippen LogP contribution in [0.3, 0.4) is 0 Å². The van der Waals surface area contributed by atoms with E-state index in [1.54, 1.807) is 7.05 Å². The zero-order chi connectivity index (χ0) is 16.4. The molecule has 0 aliphatic carbocycles. The van der Waals surface area contributed by atoms with E-state index in [0.717, 1.165) is 5.56 Å². The van der Waals surface area contributed by atoms with Crippen LogP contribution in [0.5, 0.6) is 17.4 Å². The van der Waals surface area contributed by atoms with Crippen molar-refractivity contribution in [3.63, 3.8) is 0 Å². The van der Waals surface area contributed by atoms with Gasteiger partial charge in [-0.2, -0.15) is 0 Å². The molecule has 8 heteroatoms. The van der Waals surface area contributed by atoms with E-state index in [1.807, 2.05) is 18.2 Å². The molecule has 0 bridgehead atoms. The molecule has 2 N–H and O–H groups in total. The number of aromatic nitrogens is 2. The molecule has 0 spiro atoms. The Morgan fingerprint density at radius 2 is 2.13 bits per heavy atom. The lowest BCUT2D eigenvalue weighted by Crippen LogP contribution is -2.10. The first kappa shape index (κ1) is 15.0. The first-order valence-corrected chi connectivity index (χ1v) is 7.05. The van der Waals surface area contributed by atoms with Gasteiger partial charge in [0.15, 0.2) is 11.5 Å². The quantitative estimate of drug-likeness (QED) is 0.656. The second-order valence-corrected chi connectivity index (χ2v) is 4.95. The van der Waals surface area contributed by atoms with Crippen LogP contribution in [0.15, 0.2) is 18.2 Å². The number of benzene rings is 1. The van der Waals surface area contributed by atoms with E-state index in [0.29, 0.717) is 28.8 Å². The highest BCUT2D eigenvalue weighted by Gasteiger charge is 2.21. The van der Waals surface area contributed by atoms with E-state index in [1.165, 1.54) is 11.6 Å². The van der Waals surface area contributed by atoms with E-state index in [9.17, 15) is 4.79 Å². The summed E-state index contributed by atoms with van der Waals surface area (Å²) in [7, 11) is 1.73. The van der Waals surface area contributed by atoms with Gasteiger partial charge in [-0.05, 0) is 17.7 Å². The number of anilines is 1. The standard InChI is InChI=1S/C15H17N3O5/c1-9(19)20-5-6-21-15-13(14(16)18(2)17-15)10-3-4-11-12(7-10)23-8-22-11/h3-4,7H,5-6,8,16H2,1-2H3. The van der Waals surface area contributed by atoms with Gasteiger partial charge in [0.25, 0.3) is 0 Å². The summed E-state index contributed by atoms with van der Waals surface area (Å²) in [5.74, 6) is 1.82. The predicted molar refractivity (Wildman–Crippen MR) is 81.3 cm³/mol. The average Bonchev–Trinajstić information content (AvgIpc) is 3.08. The summed E-state index contributed by atoms with van der Waals surface area (Å²) < 4.78 is 22.7. The van der Waals surface area contributed by atoms with Gasteiger partial charge < -0.3 is 24.7 Å². The normalized spacial score (nSPS) is 12.3. The minimum absolute atomic E-state index is 0.145. The van der Waals surface area contributed by atoms with Crippen LogP contribution in [0.4, 0.5) is 5.82 Å². The van der Waals surface area contributed by atoms with E-state index >= 15 is 0 Å². The topological polar surface area (TPSA) is 97.8 Å². The van der Waals surface area contributed by atoms with E-state index in [2.05, 4.69) is 5.10 Å². The van der Waals surface area contributed by atoms with Crippen molar-refractivity contribution in [3.05, 3.63) is 18.2 Å². The number of aryl methyl sites for hydroxylation is 1. The molecule has 1 aromatic heterocycles. The molecule has 0 unspecified atom stereocenters. The van der Waals surface area contributed by atoms with Gasteiger partial charge in [0.2, 0.25) is 12.7 Å². The fraction of sp³-hybridized carbons (Fsp3) is 0.333. The third-order valence-electron chi connectivity index (χ3n) is 3.35. The maximum atomic E-state index is 10.8. The number of nitrogens with two attached hydrogens (primary N) is 1. The second-order valence-electron chi connectivity index (χ2n) is 4.95. The van der Waals surface area contributed by atoms with Crippen molar-refractivity contribution >= 4 is 11.8 Å². The zero-order valence-corrected chi connectivity index (χ0v) is 12.9. The first-order valence-electron chi connectivity index (χ1n) is 7.05. The van der Waals surface area contributed by atoms with Crippen LogP contribution < -0.4 is 19.9 Å². The number of esters is 1. The average molecular weight is 319 g/mol. The number of ether oxygens (including phenoxy) is 4. The van der Waals surface area contributed by atoms with Crippen molar-refractivity contribution in [2.45, 2.75) is 6.92 Å². The van der Waals surface area contributed by atoms with Crippen LogP contribution in [-0.4, -0.2) is 35.8 Å². The van der Waals surface area contributed by atoms with Crippen molar-refractivity contribution < 1.29 is 23.7 Å². The number of fused-ring (bicyclic) bond motifs is 1. The van der Waals surface area contributed by atoms with E-state index in [-0.39, 0.29) is 26.0 Å². The molecule has 1 aromatic carbocycles. The molecular formula is C15H17N3O5. The van der Waals surface area contributed by atoms with Crippen molar-refractivity contribution in [1.29, 1.82) is 0 Å². The monoisotopic (exact) mass is 319 g/mol. The number of hydrogen-bond donors (Lipinski definition) is 1. The number of nitrogen functional groups attached to an aromatic ring is 1. The van der Waals surface area contributed by atoms with Crippen molar-refractivity contribution in [2.75, 3.05) is 25.7 Å². The van der Waals surface area contributed by atoms with Gasteiger partial charge >= 0.3 is 5.97 Å². The molecule has 1 aliphatic rings. The molecule has 0 fully saturated rings. The van der Waals surface area contributed by atoms with Crippen LogP contribution in [0.1, 0.15) is 6.92 Å². The van der Waals surface area contributed by atoms with Crippen LogP contribution in [-0.2, 0) is 16.6 Å². The van der Waals surface area contributed by atoms with Gasteiger partial charge in [-0.1, -0.05) is 6.07 Å². The Labute approximate surface area is 132 Å². The minimum Gasteiger partial charge on any atom is -0.472 e. The number of carbonyl (C=O) groups excluding carboxylic acids is 1. The summed E-state index contributed by atoms with van der Waals surface area (Å²) in [6.45, 7) is 1.88. The van der Waals surface area contributed by atoms with Crippen molar-refractivity contribution in [1.82, 2.24) is 9.78 Å². The molecule has 8 nitrogen and oxygen atoms in total. The van der Waals surface area contributed by atoms with E-state index < -0.39 is 0 Å². The minimum atomic E-state index is -0.356. The Hall–Kier alpha value is -2.90. The molecule has 0 amide bonds. The highest BCUT2D eigenvalue weighted by Crippen LogP contribution is 2.40. The van der Waals surface area contributed by atoms with Crippen LogP contribution in [0.25, 0.3) is 11.1 Å². The highest BCUT2D eigenvalue weighted by atomic mass is 16.7. The Morgan fingerprint density at radius 1 is 1.35 bits per heavy atom. The van der Waals surface area contributed by atoms with Crippen LogP contribution in [0.2, 0.25) is 0 Å². The maximum absolute atomic E-state index is 10.8. The molecular weight excluding hydrogens is 302 g/mol. The molecule has 0 radical (unpaired) electrons. The first-order chi connectivity index (χ1) is 11.1. The fourth-order valence-electron chi connectivity index (χ4n) is 2.26. The van der Waals surface area contributed by atoms with Gasteiger partial charge in [0.1, 0.15) is 19.0 Å². The summed E-state index contributed by atoms with van der Waals surface area (Å²) in [5.41, 5.74) is 7.56. The summed E-state index contributed by atoms with van der Waals surface area (Å²) >= 11 is 0. The molecule has 0 saturated heterocycles. The van der Waals surface area contributed by atoms with Gasteiger partial charge in [0, 0.05) is 14.0 Å². The fourth-order valence-corrected chi connectivity index (χ4v) is 2.26. The van der Waals surface area contributed by atoms with Crippen molar-refractivity contribution in [2.24, 2.45) is 7.05 Å². The molecule has 2 aromatic rings. The third kappa shape index (κ3) is 3.01. The molecule has 122 valence electrons. The summed E-state index contributed by atoms with van der Waals surface area (Å²) in [4.78, 5) is 10.8. The largest absolute Gasteiger partial charge is 0.472 e. The molecule has 23 heavy (non-hydrogen) atoms. The number of carbonyl (C=O) groups is 1. The predicted octanol–water partition coefficient (Wildman–Crippen LogP) is 1.34. The molecule has 1 aliphatic heterocycles. The molecule has 3 rings (SSSR count). The summed E-state index contributed by atoms with van der Waals surface area (Å²) in [5, 5.41) is 4.25. The van der Waals surface area contributed by atoms with Crippen LogP contribution >= 0.6 is 0 Å². The maximum Gasteiger partial charge on any atom is 0.302 e. The van der Waals surface area contributed by atoms with E-state index in [4.69, 9.17) is 24.7 Å². The Morgan fingerprint density at radius 3 is 2.91 bits per heavy atom. The SMILES string of the molecule is CC(=O)OCCOc1nn(C)c(N)c1-c1ccc2c(c1)OCO2. The van der Waals surface area contributed by atoms with Gasteiger partial charge in [-0.3, -0.25) is 4.79 Å². The number of nitrogens with zero attached hydrogens (tertiary/aromatic N) is 2. The third-order valence-corrected chi connectivity index (χ3v) is 3.35. The molecule has 2 heterocycles. The van der Waals surface area contributed by atoms with Gasteiger partial charge in [-0.15, -0.1) is 5.10 Å². The Kier molecular flexibility index (Phi) is 3.96. The zero-order valence-electron chi connectivity index (χ0n) is 12.9.